The van der Waals surface area contributed by atoms with Gasteiger partial charge in [0, 0.05) is 0 Å². The molecule has 9 nitrogen and oxygen atoms in total. The number of carbonyl (C=O) groups excluding carboxylic acids is 1. The van der Waals surface area contributed by atoms with Crippen LogP contribution >= 0.6 is 11.6 Å². The van der Waals surface area contributed by atoms with E-state index in [2.05, 4.69) is 15.6 Å². The molecule has 1 amide bonds. The van der Waals surface area contributed by atoms with Gasteiger partial charge in [-0.25, -0.2) is 0 Å². The monoisotopic (exact) mass is 641 g/mol. The van der Waals surface area contributed by atoms with Gasteiger partial charge < -0.3 is 0 Å². The van der Waals surface area contributed by atoms with Gasteiger partial charge in [0.2, 0.25) is 0 Å². The van der Waals surface area contributed by atoms with Gasteiger partial charge in [0.15, 0.2) is 0 Å². The predicted octanol–water partition coefficient (Wildman–Crippen LogP) is 2.59. The van der Waals surface area contributed by atoms with Crippen LogP contribution in [0.4, 0.5) is 26.3 Å². The van der Waals surface area contributed by atoms with E-state index in [1.807, 2.05) is 0 Å². The summed E-state index contributed by atoms with van der Waals surface area (Å²) in [5, 5.41) is 28.3. The molecule has 0 aliphatic heterocycles. The molecule has 1 aromatic heterocycles. The zero-order chi connectivity index (χ0) is 29.1. The van der Waals surface area contributed by atoms with E-state index in [1.54, 1.807) is 0 Å². The number of oxime groups is 1. The average Bonchev–Trinajstić information content (AvgIpc) is 3.16. The van der Waals surface area contributed by atoms with Gasteiger partial charge in [-0.2, -0.15) is 0 Å². The molecule has 0 aliphatic carbocycles. The van der Waals surface area contributed by atoms with Crippen molar-refractivity contribution in [2.45, 2.75) is 37.6 Å². The van der Waals surface area contributed by atoms with Gasteiger partial charge in [-0.1, -0.05) is 11.6 Å². The fraction of sp³-hybridized carbons (Fsp3) is 0.273. The Morgan fingerprint density at radius 3 is 2.33 bits per heavy atom. The average molecular weight is 642 g/mol. The third-order valence-electron chi connectivity index (χ3n) is 5.32. The van der Waals surface area contributed by atoms with E-state index in [4.69, 9.17) is 11.6 Å². The Balaban J connectivity index is 1.96. The number of carbonyl (C=O) groups is 1. The number of alkyl halides is 6. The van der Waals surface area contributed by atoms with Gasteiger partial charge in [0.05, 0.1) is 0 Å². The van der Waals surface area contributed by atoms with Crippen LogP contribution in [0.1, 0.15) is 17.2 Å². The number of benzene rings is 2. The number of amides is 1. The summed E-state index contributed by atoms with van der Waals surface area (Å²) in [4.78, 5) is 25.7. The molecule has 0 saturated carbocycles. The maximum absolute atomic E-state index is 13.2. The number of rotatable bonds is 8. The van der Waals surface area contributed by atoms with E-state index in [9.17, 15) is 46.2 Å². The van der Waals surface area contributed by atoms with Crippen molar-refractivity contribution in [1.29, 1.82) is 0 Å². The molecule has 39 heavy (non-hydrogen) atoms. The standard InChI is InChI=1S/C22H19AsClF6N5O4/c23-18(33-39)17(12-2-1-3-13(8-12)21(25,26)27)31-16(37)10-35-20(38)34(9-15(36)22(28,29)30)19(32-35)11-4-6-14(24)7-5-11/h1-8,15,17,36,39H,9-10,23H2,(H,31,37)/b33-18-/t15-,17?/m0/s1. The molecule has 0 aliphatic rings. The van der Waals surface area contributed by atoms with E-state index < -0.39 is 54.7 Å². The molecule has 3 aromatic rings. The number of nitrogens with zero attached hydrogens (tertiary/aromatic N) is 4. The quantitative estimate of drug-likeness (QED) is 0.115. The van der Waals surface area contributed by atoms with E-state index in [-0.39, 0.29) is 26.5 Å². The van der Waals surface area contributed by atoms with Crippen molar-refractivity contribution in [3.8, 4) is 11.4 Å². The Labute approximate surface area is 229 Å². The molecule has 3 N–H and O–H groups in total. The SMILES string of the molecule is O=C(Cn1nc(-c2ccc(Cl)cc2)n(C[C@H](O)C(F)(F)F)c1=O)NC(/C([AsH2])=N/O)c1cccc(C(F)(F)F)c1. The van der Waals surface area contributed by atoms with Gasteiger partial charge in [-0.15, -0.1) is 0 Å². The van der Waals surface area contributed by atoms with Crippen LogP contribution in [0.25, 0.3) is 11.4 Å². The fourth-order valence-corrected chi connectivity index (χ4v) is 4.13. The van der Waals surface area contributed by atoms with Gasteiger partial charge in [0.1, 0.15) is 0 Å². The summed E-state index contributed by atoms with van der Waals surface area (Å²) >= 11 is 6.52. The van der Waals surface area contributed by atoms with Gasteiger partial charge in [0.25, 0.3) is 0 Å². The van der Waals surface area contributed by atoms with Gasteiger partial charge >= 0.3 is 218 Å². The van der Waals surface area contributed by atoms with E-state index in [0.29, 0.717) is 26.1 Å². The van der Waals surface area contributed by atoms with Gasteiger partial charge in [-0.05, 0) is 0 Å². The summed E-state index contributed by atoms with van der Waals surface area (Å²) in [6.45, 7) is -2.09. The van der Waals surface area contributed by atoms with Crippen molar-refractivity contribution >= 4 is 38.9 Å². The van der Waals surface area contributed by atoms with E-state index in [0.717, 1.165) is 18.2 Å². The van der Waals surface area contributed by atoms with Crippen molar-refractivity contribution in [3.05, 3.63) is 75.2 Å². The number of aliphatic hydroxyl groups excluding tert-OH is 1. The third-order valence-corrected chi connectivity index (χ3v) is 6.51. The number of hydrogen-bond donors (Lipinski definition) is 3. The normalized spacial score (nSPS) is 14.2. The minimum atomic E-state index is -5.06. The second kappa shape index (κ2) is 11.8. The number of aromatic nitrogens is 3. The van der Waals surface area contributed by atoms with Crippen LogP contribution < -0.4 is 11.0 Å². The molecule has 17 heteroatoms. The zero-order valence-electron chi connectivity index (χ0n) is 19.4. The Morgan fingerprint density at radius 2 is 1.77 bits per heavy atom. The molecule has 2 aromatic carbocycles. The first-order valence-electron chi connectivity index (χ1n) is 10.7. The van der Waals surface area contributed by atoms with Crippen molar-refractivity contribution in [2.24, 2.45) is 5.16 Å². The molecule has 210 valence electrons. The summed E-state index contributed by atoms with van der Waals surface area (Å²) < 4.78 is 79.5. The molecular weight excluding hydrogens is 623 g/mol. The third kappa shape index (κ3) is 7.43. The summed E-state index contributed by atoms with van der Waals surface area (Å²) in [6.07, 6.45) is -12.7. The minimum absolute atomic E-state index is 0.0802. The molecule has 0 saturated heterocycles. The zero-order valence-corrected chi connectivity index (χ0v) is 22.6. The van der Waals surface area contributed by atoms with Crippen LogP contribution in [0, 0.1) is 0 Å². The maximum atomic E-state index is 13.2. The molecule has 0 bridgehead atoms. The summed E-state index contributed by atoms with van der Waals surface area (Å²) in [5.74, 6) is -1.29. The predicted molar refractivity (Wildman–Crippen MR) is 129 cm³/mol. The molecule has 0 spiro atoms. The molecule has 1 heterocycles. The molecule has 3 rings (SSSR count). The van der Waals surface area contributed by atoms with Crippen molar-refractivity contribution < 1.29 is 41.5 Å². The molecule has 3 atom stereocenters. The van der Waals surface area contributed by atoms with Crippen LogP contribution in [0.2, 0.25) is 5.02 Å². The first-order chi connectivity index (χ1) is 18.1. The summed E-state index contributed by atoms with van der Waals surface area (Å²) in [6, 6.07) is 8.05. The summed E-state index contributed by atoms with van der Waals surface area (Å²) in [7, 11) is 0. The number of hydrogen-bond acceptors (Lipinski definition) is 6. The van der Waals surface area contributed by atoms with Crippen molar-refractivity contribution in [3.63, 3.8) is 0 Å². The second-order valence-corrected chi connectivity index (χ2v) is 9.76. The molecular formula is C22H19AsClF6N5O4. The Morgan fingerprint density at radius 1 is 1.13 bits per heavy atom. The molecule has 0 radical (unpaired) electrons. The van der Waals surface area contributed by atoms with Crippen LogP contribution in [0.5, 0.6) is 0 Å². The van der Waals surface area contributed by atoms with Crippen LogP contribution in [-0.2, 0) is 24.1 Å². The molecule has 2 unspecified atom stereocenters. The van der Waals surface area contributed by atoms with E-state index >= 15 is 0 Å². The topological polar surface area (TPSA) is 122 Å². The Bertz CT molecular complexity index is 1420. The number of nitrogens with one attached hydrogen (secondary N) is 1. The van der Waals surface area contributed by atoms with Crippen molar-refractivity contribution in [1.82, 2.24) is 19.7 Å². The second-order valence-electron chi connectivity index (χ2n) is 8.09. The number of aliphatic hydroxyl groups is 1. The van der Waals surface area contributed by atoms with Crippen LogP contribution in [-0.4, -0.2) is 64.2 Å². The number of halogens is 7. The Kier molecular flexibility index (Phi) is 9.19. The van der Waals surface area contributed by atoms with E-state index in [1.165, 1.54) is 30.3 Å². The Hall–Kier alpha value is -3.29. The van der Waals surface area contributed by atoms with Crippen molar-refractivity contribution in [2.75, 3.05) is 0 Å². The molecule has 0 fully saturated rings. The summed E-state index contributed by atoms with van der Waals surface area (Å²) in [5.41, 5.74) is -2.13. The first-order valence-corrected chi connectivity index (χ1v) is 12.3. The van der Waals surface area contributed by atoms with Crippen LogP contribution in [0.3, 0.4) is 0 Å². The fourth-order valence-electron chi connectivity index (χ4n) is 3.42. The van der Waals surface area contributed by atoms with Crippen LogP contribution in [0.15, 0.2) is 58.5 Å². The van der Waals surface area contributed by atoms with Gasteiger partial charge in [-0.3, -0.25) is 0 Å². The first kappa shape index (κ1) is 30.3.